The molecular formula is C29H34F7N3O3. The number of nitrogens with one attached hydrogen (secondary N) is 1. The number of alkyl carbamates (subject to hydrolysis) is 1. The van der Waals surface area contributed by atoms with Crippen LogP contribution in [0, 0.1) is 12.7 Å². The van der Waals surface area contributed by atoms with Crippen molar-refractivity contribution in [3.8, 4) is 0 Å². The first kappa shape index (κ1) is 33.0. The van der Waals surface area contributed by atoms with Gasteiger partial charge < -0.3 is 19.9 Å². The number of urea groups is 1. The zero-order valence-corrected chi connectivity index (χ0v) is 24.1. The number of hydrogen-bond acceptors (Lipinski definition) is 3. The maximum absolute atomic E-state index is 13.9. The van der Waals surface area contributed by atoms with Gasteiger partial charge in [-0.3, -0.25) is 0 Å². The lowest BCUT2D eigenvalue weighted by molar-refractivity contribution is -0.143. The van der Waals surface area contributed by atoms with Gasteiger partial charge in [-0.15, -0.1) is 0 Å². The van der Waals surface area contributed by atoms with E-state index in [1.54, 1.807) is 27.7 Å². The van der Waals surface area contributed by atoms with E-state index in [0.29, 0.717) is 29.7 Å². The molecule has 2 aromatic carbocycles. The van der Waals surface area contributed by atoms with Crippen molar-refractivity contribution in [1.29, 1.82) is 0 Å². The molecule has 1 fully saturated rings. The number of carbonyl (C=O) groups excluding carboxylic acids is 2. The summed E-state index contributed by atoms with van der Waals surface area (Å²) in [5.41, 5.74) is -2.94. The second kappa shape index (κ2) is 12.0. The Kier molecular flexibility index (Phi) is 9.43. The van der Waals surface area contributed by atoms with Crippen LogP contribution in [0.1, 0.15) is 80.4 Å². The number of benzene rings is 2. The van der Waals surface area contributed by atoms with E-state index in [0.717, 1.165) is 4.90 Å². The Morgan fingerprint density at radius 2 is 1.57 bits per heavy atom. The van der Waals surface area contributed by atoms with Crippen LogP contribution in [-0.4, -0.2) is 47.2 Å². The SMILES string of the molecule is Cc1cc(F)ccc1[C@H]1C[C@@H](NC(=O)OC(C)(C)C)CCN1C(=O)N(C)[C@@H](C)c1cc(C(F)(F)F)cc(C(F)(F)F)c1. The van der Waals surface area contributed by atoms with E-state index in [-0.39, 0.29) is 24.6 Å². The van der Waals surface area contributed by atoms with Gasteiger partial charge in [-0.1, -0.05) is 6.07 Å². The van der Waals surface area contributed by atoms with E-state index in [1.165, 1.54) is 37.1 Å². The van der Waals surface area contributed by atoms with E-state index >= 15 is 0 Å². The molecule has 0 radical (unpaired) electrons. The third kappa shape index (κ3) is 8.07. The fraction of sp³-hybridized carbons (Fsp3) is 0.517. The maximum Gasteiger partial charge on any atom is 0.416 e. The topological polar surface area (TPSA) is 61.9 Å². The molecule has 0 aromatic heterocycles. The largest absolute Gasteiger partial charge is 0.444 e. The average Bonchev–Trinajstić information content (AvgIpc) is 2.85. The highest BCUT2D eigenvalue weighted by Crippen LogP contribution is 2.39. The lowest BCUT2D eigenvalue weighted by Crippen LogP contribution is -2.52. The molecule has 3 amide bonds. The summed E-state index contributed by atoms with van der Waals surface area (Å²) < 4.78 is 99.9. The first-order chi connectivity index (χ1) is 19.2. The van der Waals surface area contributed by atoms with Gasteiger partial charge in [0.05, 0.1) is 23.2 Å². The molecule has 3 atom stereocenters. The van der Waals surface area contributed by atoms with Crippen molar-refractivity contribution < 1.29 is 45.1 Å². The number of piperidine rings is 1. The summed E-state index contributed by atoms with van der Waals surface area (Å²) >= 11 is 0. The predicted molar refractivity (Wildman–Crippen MR) is 141 cm³/mol. The number of nitrogens with zero attached hydrogens (tertiary/aromatic N) is 2. The number of halogens is 7. The molecular weight excluding hydrogens is 571 g/mol. The van der Waals surface area contributed by atoms with Crippen molar-refractivity contribution in [3.63, 3.8) is 0 Å². The second-order valence-corrected chi connectivity index (χ2v) is 11.5. The fourth-order valence-corrected chi connectivity index (χ4v) is 4.92. The molecule has 0 unspecified atom stereocenters. The highest BCUT2D eigenvalue weighted by molar-refractivity contribution is 5.76. The Bertz CT molecular complexity index is 1270. The molecule has 0 bridgehead atoms. The standard InChI is InChI=1S/C29H34F7N3O3/c1-16-11-21(30)7-8-23(16)24-15-22(37-25(40)42-27(3,4)5)9-10-39(24)26(41)38(6)17(2)18-12-19(28(31,32)33)14-20(13-18)29(34,35)36/h7-8,11-14,17,22,24H,9-10,15H2,1-6H3,(H,37,40)/t17-,22-,24+/m0/s1. The summed E-state index contributed by atoms with van der Waals surface area (Å²) in [6.45, 7) is 8.20. The second-order valence-electron chi connectivity index (χ2n) is 11.5. The molecule has 42 heavy (non-hydrogen) atoms. The zero-order valence-electron chi connectivity index (χ0n) is 24.1. The number of hydrogen-bond donors (Lipinski definition) is 1. The van der Waals surface area contributed by atoms with Crippen LogP contribution in [0.15, 0.2) is 36.4 Å². The molecule has 1 aliphatic heterocycles. The monoisotopic (exact) mass is 605 g/mol. The number of aryl methyl sites for hydroxylation is 1. The van der Waals surface area contributed by atoms with Gasteiger partial charge in [0, 0.05) is 19.6 Å². The van der Waals surface area contributed by atoms with Crippen molar-refractivity contribution in [2.24, 2.45) is 0 Å². The van der Waals surface area contributed by atoms with Crippen molar-refractivity contribution in [2.75, 3.05) is 13.6 Å². The minimum atomic E-state index is -5.04. The molecule has 0 spiro atoms. The van der Waals surface area contributed by atoms with Crippen molar-refractivity contribution >= 4 is 12.1 Å². The average molecular weight is 606 g/mol. The van der Waals surface area contributed by atoms with Crippen LogP contribution >= 0.6 is 0 Å². The number of alkyl halides is 6. The summed E-state index contributed by atoms with van der Waals surface area (Å²) in [6, 6.07) is 2.31. The van der Waals surface area contributed by atoms with Crippen LogP contribution in [0.2, 0.25) is 0 Å². The molecule has 0 saturated carbocycles. The van der Waals surface area contributed by atoms with E-state index in [1.807, 2.05) is 0 Å². The summed E-state index contributed by atoms with van der Waals surface area (Å²) in [7, 11) is 1.29. The molecule has 6 nitrogen and oxygen atoms in total. The van der Waals surface area contributed by atoms with Crippen LogP contribution in [-0.2, 0) is 17.1 Å². The number of amides is 3. The van der Waals surface area contributed by atoms with Crippen LogP contribution in [0.5, 0.6) is 0 Å². The number of ether oxygens (including phenoxy) is 1. The maximum atomic E-state index is 13.9. The highest BCUT2D eigenvalue weighted by Gasteiger charge is 2.40. The van der Waals surface area contributed by atoms with Gasteiger partial charge in [0.25, 0.3) is 0 Å². The molecule has 13 heteroatoms. The van der Waals surface area contributed by atoms with Gasteiger partial charge in [0.2, 0.25) is 0 Å². The van der Waals surface area contributed by atoms with Crippen LogP contribution < -0.4 is 5.32 Å². The van der Waals surface area contributed by atoms with Gasteiger partial charge in [-0.2, -0.15) is 26.3 Å². The zero-order chi connectivity index (χ0) is 31.8. The van der Waals surface area contributed by atoms with Crippen LogP contribution in [0.25, 0.3) is 0 Å². The molecule has 1 heterocycles. The molecule has 0 aliphatic carbocycles. The van der Waals surface area contributed by atoms with Gasteiger partial charge in [0.1, 0.15) is 11.4 Å². The molecule has 1 N–H and O–H groups in total. The van der Waals surface area contributed by atoms with Crippen LogP contribution in [0.3, 0.4) is 0 Å². The van der Waals surface area contributed by atoms with Gasteiger partial charge in [-0.05, 0) is 94.5 Å². The van der Waals surface area contributed by atoms with E-state index in [2.05, 4.69) is 5.32 Å². The molecule has 232 valence electrons. The van der Waals surface area contributed by atoms with E-state index < -0.39 is 65.1 Å². The van der Waals surface area contributed by atoms with Gasteiger partial charge in [-0.25, -0.2) is 14.0 Å². The molecule has 1 aliphatic rings. The third-order valence-electron chi connectivity index (χ3n) is 7.13. The first-order valence-corrected chi connectivity index (χ1v) is 13.3. The minimum absolute atomic E-state index is 0.0355. The van der Waals surface area contributed by atoms with E-state index in [4.69, 9.17) is 4.74 Å². The lowest BCUT2D eigenvalue weighted by Gasteiger charge is -2.43. The number of rotatable bonds is 4. The minimum Gasteiger partial charge on any atom is -0.444 e. The lowest BCUT2D eigenvalue weighted by atomic mass is 9.89. The Morgan fingerprint density at radius 3 is 2.07 bits per heavy atom. The van der Waals surface area contributed by atoms with Crippen molar-refractivity contribution in [3.05, 3.63) is 70.0 Å². The summed E-state index contributed by atoms with van der Waals surface area (Å²) in [6.07, 6.45) is -10.2. The van der Waals surface area contributed by atoms with Crippen molar-refractivity contribution in [1.82, 2.24) is 15.1 Å². The Hall–Kier alpha value is -3.51. The summed E-state index contributed by atoms with van der Waals surface area (Å²) in [5.74, 6) is -0.496. The summed E-state index contributed by atoms with van der Waals surface area (Å²) in [5, 5.41) is 2.78. The van der Waals surface area contributed by atoms with Gasteiger partial charge in [0.15, 0.2) is 0 Å². The Balaban J connectivity index is 1.94. The molecule has 1 saturated heterocycles. The first-order valence-electron chi connectivity index (χ1n) is 13.3. The highest BCUT2D eigenvalue weighted by atomic mass is 19.4. The number of likely N-dealkylation sites (tertiary alicyclic amines) is 1. The smallest absolute Gasteiger partial charge is 0.416 e. The normalized spacial score (nSPS) is 18.8. The quantitative estimate of drug-likeness (QED) is 0.359. The Labute approximate surface area is 239 Å². The van der Waals surface area contributed by atoms with E-state index in [9.17, 15) is 40.3 Å². The van der Waals surface area contributed by atoms with Crippen LogP contribution in [0.4, 0.5) is 40.3 Å². The summed E-state index contributed by atoms with van der Waals surface area (Å²) in [4.78, 5) is 28.7. The number of carbonyl (C=O) groups is 2. The third-order valence-corrected chi connectivity index (χ3v) is 7.13. The predicted octanol–water partition coefficient (Wildman–Crippen LogP) is 8.01. The Morgan fingerprint density at radius 1 is 1.00 bits per heavy atom. The van der Waals surface area contributed by atoms with Crippen molar-refractivity contribution in [2.45, 2.75) is 83.5 Å². The molecule has 3 rings (SSSR count). The van der Waals surface area contributed by atoms with Gasteiger partial charge >= 0.3 is 24.5 Å². The fourth-order valence-electron chi connectivity index (χ4n) is 4.92. The molecule has 2 aromatic rings.